The van der Waals surface area contributed by atoms with Crippen LogP contribution in [0, 0.1) is 0 Å². The number of hydrogen-bond donors (Lipinski definition) is 1. The smallest absolute Gasteiger partial charge is 0.340 e. The number of esters is 1. The molecule has 2 heterocycles. The molecular formula is C22H20BrN3O4. The molecule has 2 aromatic carbocycles. The van der Waals surface area contributed by atoms with Crippen LogP contribution in [-0.2, 0) is 17.7 Å². The van der Waals surface area contributed by atoms with E-state index in [1.54, 1.807) is 41.0 Å². The number of fused-ring (bicyclic) bond motifs is 2. The Morgan fingerprint density at radius 1 is 1.13 bits per heavy atom. The summed E-state index contributed by atoms with van der Waals surface area (Å²) in [6.45, 7) is 0.680. The monoisotopic (exact) mass is 469 g/mol. The van der Waals surface area contributed by atoms with Gasteiger partial charge in [0.05, 0.1) is 29.3 Å². The number of aryl methyl sites for hydroxylation is 1. The van der Waals surface area contributed by atoms with E-state index in [1.165, 1.54) is 7.11 Å². The molecule has 0 unspecified atom stereocenters. The topological polar surface area (TPSA) is 90.3 Å². The molecule has 30 heavy (non-hydrogen) atoms. The summed E-state index contributed by atoms with van der Waals surface area (Å²) < 4.78 is 7.24. The summed E-state index contributed by atoms with van der Waals surface area (Å²) in [6.07, 6.45) is 3.79. The highest BCUT2D eigenvalue weighted by Gasteiger charge is 2.18. The summed E-state index contributed by atoms with van der Waals surface area (Å²) in [5, 5.41) is 3.25. The molecule has 0 saturated heterocycles. The van der Waals surface area contributed by atoms with Crippen molar-refractivity contribution in [3.8, 4) is 0 Å². The number of halogens is 1. The molecule has 0 bridgehead atoms. The minimum Gasteiger partial charge on any atom is -0.465 e. The van der Waals surface area contributed by atoms with E-state index in [2.05, 4.69) is 26.2 Å². The molecule has 0 atom stereocenters. The number of rotatable bonds is 3. The van der Waals surface area contributed by atoms with Crippen molar-refractivity contribution in [2.45, 2.75) is 32.2 Å². The number of nitrogens with one attached hydrogen (secondary N) is 1. The van der Waals surface area contributed by atoms with Crippen molar-refractivity contribution in [3.63, 3.8) is 0 Å². The Kier molecular flexibility index (Phi) is 5.67. The Bertz CT molecular complexity index is 1220. The molecule has 0 radical (unpaired) electrons. The highest BCUT2D eigenvalue weighted by atomic mass is 79.9. The molecular weight excluding hydrogens is 450 g/mol. The quantitative estimate of drug-likeness (QED) is 0.586. The van der Waals surface area contributed by atoms with Crippen LogP contribution in [-0.4, -0.2) is 28.5 Å². The van der Waals surface area contributed by atoms with Crippen molar-refractivity contribution < 1.29 is 14.3 Å². The number of ether oxygens (including phenoxy) is 1. The highest BCUT2D eigenvalue weighted by molar-refractivity contribution is 9.10. The fourth-order valence-electron chi connectivity index (χ4n) is 3.66. The molecule has 1 amide bonds. The zero-order valence-electron chi connectivity index (χ0n) is 16.4. The maximum atomic E-state index is 12.8. The minimum absolute atomic E-state index is 0.0651. The lowest BCUT2D eigenvalue weighted by molar-refractivity contribution is 0.0602. The summed E-state index contributed by atoms with van der Waals surface area (Å²) in [5.74, 6) is -0.188. The Balaban J connectivity index is 1.70. The van der Waals surface area contributed by atoms with Crippen LogP contribution in [0.25, 0.3) is 10.9 Å². The van der Waals surface area contributed by atoms with Gasteiger partial charge in [-0.3, -0.25) is 14.2 Å². The van der Waals surface area contributed by atoms with Crippen molar-refractivity contribution in [2.24, 2.45) is 0 Å². The number of carbonyl (C=O) groups excluding carboxylic acids is 2. The van der Waals surface area contributed by atoms with Gasteiger partial charge in [-0.05, 0) is 49.2 Å². The molecule has 154 valence electrons. The molecule has 1 aliphatic rings. The lowest BCUT2D eigenvalue weighted by Gasteiger charge is -2.12. The van der Waals surface area contributed by atoms with Crippen molar-refractivity contribution in [2.75, 3.05) is 12.4 Å². The van der Waals surface area contributed by atoms with Crippen LogP contribution in [0.5, 0.6) is 0 Å². The van der Waals surface area contributed by atoms with Crippen LogP contribution in [0.2, 0.25) is 0 Å². The van der Waals surface area contributed by atoms with E-state index in [-0.39, 0.29) is 11.1 Å². The second-order valence-electron chi connectivity index (χ2n) is 7.16. The largest absolute Gasteiger partial charge is 0.465 e. The second kappa shape index (κ2) is 8.39. The van der Waals surface area contributed by atoms with E-state index >= 15 is 0 Å². The Labute approximate surface area is 181 Å². The van der Waals surface area contributed by atoms with E-state index < -0.39 is 11.9 Å². The van der Waals surface area contributed by atoms with Crippen LogP contribution in [0.1, 0.15) is 45.8 Å². The van der Waals surface area contributed by atoms with Crippen molar-refractivity contribution in [1.82, 2.24) is 9.55 Å². The van der Waals surface area contributed by atoms with Gasteiger partial charge in [0.15, 0.2) is 0 Å². The lowest BCUT2D eigenvalue weighted by atomic mass is 10.1. The van der Waals surface area contributed by atoms with Gasteiger partial charge in [0.25, 0.3) is 11.5 Å². The van der Waals surface area contributed by atoms with E-state index in [1.807, 2.05) is 0 Å². The van der Waals surface area contributed by atoms with E-state index in [4.69, 9.17) is 4.74 Å². The van der Waals surface area contributed by atoms with Crippen LogP contribution >= 0.6 is 15.9 Å². The van der Waals surface area contributed by atoms with Crippen molar-refractivity contribution in [3.05, 3.63) is 68.2 Å². The van der Waals surface area contributed by atoms with Gasteiger partial charge in [0.1, 0.15) is 5.82 Å². The van der Waals surface area contributed by atoms with Gasteiger partial charge in [-0.2, -0.15) is 0 Å². The number of nitrogens with zero attached hydrogens (tertiary/aromatic N) is 2. The first-order valence-corrected chi connectivity index (χ1v) is 10.5. The van der Waals surface area contributed by atoms with Crippen LogP contribution in [0.4, 0.5) is 5.69 Å². The number of hydrogen-bond acceptors (Lipinski definition) is 5. The Morgan fingerprint density at radius 3 is 2.77 bits per heavy atom. The van der Waals surface area contributed by atoms with E-state index in [0.717, 1.165) is 31.5 Å². The molecule has 1 N–H and O–H groups in total. The zero-order valence-corrected chi connectivity index (χ0v) is 18.0. The second-order valence-corrected chi connectivity index (χ2v) is 8.08. The maximum absolute atomic E-state index is 12.8. The van der Waals surface area contributed by atoms with Crippen molar-refractivity contribution >= 4 is 44.4 Å². The number of benzene rings is 2. The first-order valence-electron chi connectivity index (χ1n) is 9.70. The lowest BCUT2D eigenvalue weighted by Crippen LogP contribution is -2.24. The molecule has 1 aromatic heterocycles. The Morgan fingerprint density at radius 2 is 1.97 bits per heavy atom. The predicted octanol–water partition coefficient (Wildman–Crippen LogP) is 3.92. The fraction of sp³-hybridized carbons (Fsp3) is 0.273. The third-order valence-corrected chi connectivity index (χ3v) is 5.71. The molecule has 8 heteroatoms. The highest BCUT2D eigenvalue weighted by Crippen LogP contribution is 2.23. The SMILES string of the molecule is COC(=O)c1cc(Br)ccc1NC(=O)c1ccc2c(=O)n3c(nc2c1)CCCCC3. The summed E-state index contributed by atoms with van der Waals surface area (Å²) in [5.41, 5.74) is 1.37. The van der Waals surface area contributed by atoms with E-state index in [9.17, 15) is 14.4 Å². The van der Waals surface area contributed by atoms with Gasteiger partial charge >= 0.3 is 5.97 Å². The summed E-state index contributed by atoms with van der Waals surface area (Å²) in [4.78, 5) is 42.4. The number of anilines is 1. The van der Waals surface area contributed by atoms with Crippen molar-refractivity contribution in [1.29, 1.82) is 0 Å². The van der Waals surface area contributed by atoms with Gasteiger partial charge < -0.3 is 10.1 Å². The Hall–Kier alpha value is -3.00. The average molecular weight is 470 g/mol. The van der Waals surface area contributed by atoms with Crippen LogP contribution < -0.4 is 10.9 Å². The predicted molar refractivity (Wildman–Crippen MR) is 117 cm³/mol. The summed E-state index contributed by atoms with van der Waals surface area (Å²) >= 11 is 3.31. The van der Waals surface area contributed by atoms with Gasteiger partial charge in [-0.25, -0.2) is 9.78 Å². The van der Waals surface area contributed by atoms with Gasteiger partial charge in [-0.15, -0.1) is 0 Å². The molecule has 0 spiro atoms. The normalized spacial score (nSPS) is 13.4. The number of methoxy groups -OCH3 is 1. The van der Waals surface area contributed by atoms with Gasteiger partial charge in [-0.1, -0.05) is 22.4 Å². The molecule has 0 fully saturated rings. The number of carbonyl (C=O) groups is 2. The van der Waals surface area contributed by atoms with Crippen LogP contribution in [0.3, 0.4) is 0 Å². The summed E-state index contributed by atoms with van der Waals surface area (Å²) in [7, 11) is 1.28. The average Bonchev–Trinajstić information content (AvgIpc) is 2.99. The third-order valence-electron chi connectivity index (χ3n) is 5.21. The third kappa shape index (κ3) is 3.87. The first kappa shape index (κ1) is 20.3. The molecule has 0 saturated carbocycles. The molecule has 4 rings (SSSR count). The summed E-state index contributed by atoms with van der Waals surface area (Å²) in [6, 6.07) is 9.79. The molecule has 1 aliphatic heterocycles. The van der Waals surface area contributed by atoms with Gasteiger partial charge in [0, 0.05) is 23.0 Å². The molecule has 0 aliphatic carbocycles. The van der Waals surface area contributed by atoms with Crippen LogP contribution in [0.15, 0.2) is 45.7 Å². The molecule has 7 nitrogen and oxygen atoms in total. The standard InChI is InChI=1S/C22H20BrN3O4/c1-30-22(29)16-12-14(23)7-9-17(16)25-20(27)13-6-8-15-18(11-13)24-19-5-3-2-4-10-26(19)21(15)28/h6-9,11-12H,2-5,10H2,1H3,(H,25,27). The number of aromatic nitrogens is 2. The first-order chi connectivity index (χ1) is 14.5. The van der Waals surface area contributed by atoms with E-state index in [0.29, 0.717) is 33.2 Å². The maximum Gasteiger partial charge on any atom is 0.340 e. The zero-order chi connectivity index (χ0) is 21.3. The minimum atomic E-state index is -0.553. The fourth-order valence-corrected chi connectivity index (χ4v) is 4.02. The number of amides is 1. The van der Waals surface area contributed by atoms with Gasteiger partial charge in [0.2, 0.25) is 0 Å². The molecule has 3 aromatic rings.